The minimum absolute atomic E-state index is 0.0111. The number of anilines is 1. The number of nitrogens with zero attached hydrogens (tertiary/aromatic N) is 4. The summed E-state index contributed by atoms with van der Waals surface area (Å²) in [6.07, 6.45) is 3.20. The number of hydrogen-bond acceptors (Lipinski definition) is 6. The summed E-state index contributed by atoms with van der Waals surface area (Å²) in [6, 6.07) is 12.8. The molecule has 0 radical (unpaired) electrons. The lowest BCUT2D eigenvalue weighted by Crippen LogP contribution is -2.39. The quantitative estimate of drug-likeness (QED) is 0.598. The molecule has 1 saturated heterocycles. The maximum absolute atomic E-state index is 12.7. The Hall–Kier alpha value is -3.88. The lowest BCUT2D eigenvalue weighted by molar-refractivity contribution is 0.0700. The minimum Gasteiger partial charge on any atom is -0.496 e. The highest BCUT2D eigenvalue weighted by molar-refractivity contribution is 5.98. The van der Waals surface area contributed by atoms with Crippen molar-refractivity contribution in [3.05, 3.63) is 71.2 Å². The number of para-hydroxylation sites is 1. The third-order valence-corrected chi connectivity index (χ3v) is 6.06. The summed E-state index contributed by atoms with van der Waals surface area (Å²) in [6.45, 7) is 1.60. The topological polar surface area (TPSA) is 115 Å². The van der Waals surface area contributed by atoms with Gasteiger partial charge in [0, 0.05) is 50.1 Å². The molecule has 0 unspecified atom stereocenters. The maximum Gasteiger partial charge on any atom is 0.272 e. The molecule has 0 aliphatic carbocycles. The van der Waals surface area contributed by atoms with Gasteiger partial charge in [0.15, 0.2) is 0 Å². The SMILES string of the molecule is COc1ccccc1CNC(=O)c1ccc(C2CCN(C(=O)c3ccnn3C)CC2)nc1N. The second-order valence-corrected chi connectivity index (χ2v) is 8.07. The van der Waals surface area contributed by atoms with Crippen LogP contribution in [0.25, 0.3) is 0 Å². The molecule has 0 spiro atoms. The zero-order valence-corrected chi connectivity index (χ0v) is 18.8. The van der Waals surface area contributed by atoms with E-state index in [1.807, 2.05) is 35.2 Å². The van der Waals surface area contributed by atoms with E-state index >= 15 is 0 Å². The molecule has 9 heteroatoms. The standard InChI is InChI=1S/C24H28N6O3/c1-29-20(9-12-27-29)24(32)30-13-10-16(11-14-30)19-8-7-18(22(25)28-19)23(31)26-15-17-5-3-4-6-21(17)33-2/h3-9,12,16H,10-11,13-15H2,1-2H3,(H2,25,28)(H,26,31). The molecule has 2 aromatic heterocycles. The number of pyridine rings is 1. The van der Waals surface area contributed by atoms with E-state index in [1.54, 1.807) is 37.2 Å². The van der Waals surface area contributed by atoms with Gasteiger partial charge >= 0.3 is 0 Å². The van der Waals surface area contributed by atoms with Crippen molar-refractivity contribution in [3.63, 3.8) is 0 Å². The van der Waals surface area contributed by atoms with Gasteiger partial charge in [0.1, 0.15) is 17.3 Å². The Balaban J connectivity index is 1.36. The predicted molar refractivity (Wildman–Crippen MR) is 124 cm³/mol. The van der Waals surface area contributed by atoms with E-state index in [4.69, 9.17) is 10.5 Å². The lowest BCUT2D eigenvalue weighted by atomic mass is 9.92. The second kappa shape index (κ2) is 9.72. The summed E-state index contributed by atoms with van der Waals surface area (Å²) in [5, 5.41) is 6.95. The number of amides is 2. The van der Waals surface area contributed by atoms with E-state index in [0.717, 1.165) is 24.1 Å². The summed E-state index contributed by atoms with van der Waals surface area (Å²) in [4.78, 5) is 31.7. The van der Waals surface area contributed by atoms with E-state index in [-0.39, 0.29) is 23.6 Å². The van der Waals surface area contributed by atoms with Crippen LogP contribution in [0.4, 0.5) is 5.82 Å². The van der Waals surface area contributed by atoms with Crippen molar-refractivity contribution in [2.75, 3.05) is 25.9 Å². The highest BCUT2D eigenvalue weighted by atomic mass is 16.5. The van der Waals surface area contributed by atoms with Gasteiger partial charge in [-0.3, -0.25) is 14.3 Å². The third-order valence-electron chi connectivity index (χ3n) is 6.06. The fourth-order valence-electron chi connectivity index (χ4n) is 4.15. The van der Waals surface area contributed by atoms with E-state index < -0.39 is 0 Å². The first-order valence-corrected chi connectivity index (χ1v) is 10.9. The molecule has 1 fully saturated rings. The smallest absolute Gasteiger partial charge is 0.272 e. The Kier molecular flexibility index (Phi) is 6.58. The number of benzene rings is 1. The van der Waals surface area contributed by atoms with Crippen molar-refractivity contribution in [3.8, 4) is 5.75 Å². The number of nitrogen functional groups attached to an aromatic ring is 1. The Bertz CT molecular complexity index is 1150. The average Bonchev–Trinajstić information content (AvgIpc) is 3.28. The Labute approximate surface area is 192 Å². The number of aryl methyl sites for hydroxylation is 1. The molecule has 3 N–H and O–H groups in total. The van der Waals surface area contributed by atoms with E-state index in [1.165, 1.54) is 0 Å². The molecular weight excluding hydrogens is 420 g/mol. The molecule has 1 aliphatic rings. The number of piperidine rings is 1. The first kappa shape index (κ1) is 22.3. The Morgan fingerprint density at radius 1 is 1.15 bits per heavy atom. The fourth-order valence-corrected chi connectivity index (χ4v) is 4.15. The summed E-state index contributed by atoms with van der Waals surface area (Å²) in [5.74, 6) is 0.816. The number of likely N-dealkylation sites (tertiary alicyclic amines) is 1. The first-order valence-electron chi connectivity index (χ1n) is 10.9. The number of nitrogens with one attached hydrogen (secondary N) is 1. The molecule has 1 aromatic carbocycles. The van der Waals surface area contributed by atoms with Crippen LogP contribution >= 0.6 is 0 Å². The van der Waals surface area contributed by atoms with Gasteiger partial charge in [0.05, 0.1) is 12.7 Å². The number of methoxy groups -OCH3 is 1. The average molecular weight is 449 g/mol. The van der Waals surface area contributed by atoms with Crippen LogP contribution in [0.1, 0.15) is 50.9 Å². The number of carbonyl (C=O) groups is 2. The number of ether oxygens (including phenoxy) is 1. The molecule has 33 heavy (non-hydrogen) atoms. The summed E-state index contributed by atoms with van der Waals surface area (Å²) < 4.78 is 6.91. The summed E-state index contributed by atoms with van der Waals surface area (Å²) >= 11 is 0. The zero-order chi connectivity index (χ0) is 23.4. The largest absolute Gasteiger partial charge is 0.496 e. The van der Waals surface area contributed by atoms with Crippen molar-refractivity contribution < 1.29 is 14.3 Å². The normalized spacial score (nSPS) is 14.2. The van der Waals surface area contributed by atoms with Gasteiger partial charge in [-0.05, 0) is 37.1 Å². The highest BCUT2D eigenvalue weighted by Crippen LogP contribution is 2.28. The van der Waals surface area contributed by atoms with Crippen molar-refractivity contribution in [1.29, 1.82) is 0 Å². The van der Waals surface area contributed by atoms with Gasteiger partial charge in [0.2, 0.25) is 0 Å². The molecule has 3 heterocycles. The molecule has 172 valence electrons. The van der Waals surface area contributed by atoms with Gasteiger partial charge in [0.25, 0.3) is 11.8 Å². The number of carbonyl (C=O) groups excluding carboxylic acids is 2. The second-order valence-electron chi connectivity index (χ2n) is 8.07. The molecule has 0 atom stereocenters. The van der Waals surface area contributed by atoms with Crippen LogP contribution in [-0.2, 0) is 13.6 Å². The maximum atomic E-state index is 12.7. The molecule has 0 saturated carbocycles. The van der Waals surface area contributed by atoms with Crippen molar-refractivity contribution in [2.45, 2.75) is 25.3 Å². The van der Waals surface area contributed by atoms with Crippen LogP contribution in [0.5, 0.6) is 5.75 Å². The van der Waals surface area contributed by atoms with Gasteiger partial charge < -0.3 is 20.7 Å². The monoisotopic (exact) mass is 448 g/mol. The lowest BCUT2D eigenvalue weighted by Gasteiger charge is -2.31. The van der Waals surface area contributed by atoms with E-state index in [9.17, 15) is 9.59 Å². The number of hydrogen-bond donors (Lipinski definition) is 2. The Morgan fingerprint density at radius 3 is 2.58 bits per heavy atom. The van der Waals surface area contributed by atoms with E-state index in [0.29, 0.717) is 36.6 Å². The number of aromatic nitrogens is 3. The molecule has 2 amide bonds. The van der Waals surface area contributed by atoms with Crippen molar-refractivity contribution >= 4 is 17.6 Å². The van der Waals surface area contributed by atoms with Crippen molar-refractivity contribution in [2.24, 2.45) is 7.05 Å². The summed E-state index contributed by atoms with van der Waals surface area (Å²) in [7, 11) is 3.36. The summed E-state index contributed by atoms with van der Waals surface area (Å²) in [5.41, 5.74) is 8.79. The van der Waals surface area contributed by atoms with Gasteiger partial charge in [-0.25, -0.2) is 4.98 Å². The van der Waals surface area contributed by atoms with Crippen LogP contribution < -0.4 is 15.8 Å². The number of nitrogens with two attached hydrogens (primary N) is 1. The fraction of sp³-hybridized carbons (Fsp3) is 0.333. The molecule has 9 nitrogen and oxygen atoms in total. The first-order chi connectivity index (χ1) is 16.0. The molecular formula is C24H28N6O3. The minimum atomic E-state index is -0.283. The van der Waals surface area contributed by atoms with Crippen LogP contribution in [0.2, 0.25) is 0 Å². The van der Waals surface area contributed by atoms with Gasteiger partial charge in [-0.2, -0.15) is 5.10 Å². The molecule has 1 aliphatic heterocycles. The van der Waals surface area contributed by atoms with Crippen LogP contribution in [0.3, 0.4) is 0 Å². The molecule has 0 bridgehead atoms. The van der Waals surface area contributed by atoms with E-state index in [2.05, 4.69) is 15.4 Å². The Morgan fingerprint density at radius 2 is 1.91 bits per heavy atom. The third kappa shape index (κ3) is 4.82. The number of rotatable bonds is 6. The van der Waals surface area contributed by atoms with Crippen LogP contribution in [0, 0.1) is 0 Å². The van der Waals surface area contributed by atoms with Gasteiger partial charge in [-0.1, -0.05) is 18.2 Å². The predicted octanol–water partition coefficient (Wildman–Crippen LogP) is 2.36. The van der Waals surface area contributed by atoms with Crippen LogP contribution in [0.15, 0.2) is 48.7 Å². The molecule has 3 aromatic rings. The van der Waals surface area contributed by atoms with Crippen molar-refractivity contribution in [1.82, 2.24) is 25.0 Å². The van der Waals surface area contributed by atoms with Gasteiger partial charge in [-0.15, -0.1) is 0 Å². The highest BCUT2D eigenvalue weighted by Gasteiger charge is 2.27. The van der Waals surface area contributed by atoms with Crippen LogP contribution in [-0.4, -0.2) is 51.7 Å². The molecule has 4 rings (SSSR count). The zero-order valence-electron chi connectivity index (χ0n) is 18.8.